The van der Waals surface area contributed by atoms with Gasteiger partial charge in [-0.05, 0) is 11.1 Å². The van der Waals surface area contributed by atoms with Gasteiger partial charge in [0.1, 0.15) is 5.54 Å². The highest BCUT2D eigenvalue weighted by Crippen LogP contribution is 2.63. The fourth-order valence-electron chi connectivity index (χ4n) is 4.50. The first-order chi connectivity index (χ1) is 13.1. The lowest BCUT2D eigenvalue weighted by atomic mass is 9.60. The largest absolute Gasteiger partial charge is 0.351 e. The molecule has 1 aliphatic rings. The zero-order valence-corrected chi connectivity index (χ0v) is 16.0. The van der Waals surface area contributed by atoms with E-state index in [9.17, 15) is 0 Å². The molecule has 1 atom stereocenters. The van der Waals surface area contributed by atoms with E-state index >= 15 is 0 Å². The second-order valence-corrected chi connectivity index (χ2v) is 7.48. The lowest BCUT2D eigenvalue weighted by Gasteiger charge is -2.46. The second kappa shape index (κ2) is 6.43. The Morgan fingerprint density at radius 2 is 1.00 bits per heavy atom. The summed E-state index contributed by atoms with van der Waals surface area (Å²) < 4.78 is 6.14. The van der Waals surface area contributed by atoms with Crippen LogP contribution in [0.25, 0.3) is 0 Å². The summed E-state index contributed by atoms with van der Waals surface area (Å²) in [5, 5.41) is 9.78. The summed E-state index contributed by atoms with van der Waals surface area (Å²) in [7, 11) is 1.72. The number of hydrogen-bond donors (Lipinski definition) is 0. The van der Waals surface area contributed by atoms with Crippen molar-refractivity contribution in [1.29, 1.82) is 0 Å². The fourth-order valence-corrected chi connectivity index (χ4v) is 4.50. The lowest BCUT2D eigenvalue weighted by Crippen LogP contribution is -2.50. The molecule has 3 nitrogen and oxygen atoms in total. The zero-order chi connectivity index (χ0) is 19.0. The predicted octanol–water partition coefficient (Wildman–Crippen LogP) is 5.92. The van der Waals surface area contributed by atoms with E-state index in [1.165, 1.54) is 0 Å². The molecular weight excluding hydrogens is 332 g/mol. The topological polar surface area (TPSA) is 34.0 Å². The molecule has 0 spiro atoms. The van der Waals surface area contributed by atoms with Crippen molar-refractivity contribution in [2.45, 2.75) is 25.1 Å². The molecule has 1 heterocycles. The Morgan fingerprint density at radius 3 is 1.41 bits per heavy atom. The normalized spacial score (nSPS) is 22.6. The Bertz CT molecular complexity index is 896. The van der Waals surface area contributed by atoms with E-state index in [2.05, 4.69) is 74.5 Å². The molecule has 27 heavy (non-hydrogen) atoms. The summed E-state index contributed by atoms with van der Waals surface area (Å²) in [6, 6.07) is 31.0. The van der Waals surface area contributed by atoms with Gasteiger partial charge in [-0.25, -0.2) is 0 Å². The molecule has 0 saturated carbocycles. The highest BCUT2D eigenvalue weighted by Gasteiger charge is 2.65. The average molecular weight is 356 g/mol. The van der Waals surface area contributed by atoms with Gasteiger partial charge in [-0.1, -0.05) is 105 Å². The SMILES string of the molecule is CO[C@]1(c2ccccc2)N=NC(c2ccccc2)(c2ccccc2)C1(C)C. The van der Waals surface area contributed by atoms with Crippen LogP contribution in [0.4, 0.5) is 0 Å². The number of azo groups is 1. The number of hydrogen-bond acceptors (Lipinski definition) is 3. The van der Waals surface area contributed by atoms with Crippen LogP contribution in [0.15, 0.2) is 101 Å². The van der Waals surface area contributed by atoms with Crippen LogP contribution in [0.1, 0.15) is 30.5 Å². The van der Waals surface area contributed by atoms with Gasteiger partial charge in [-0.2, -0.15) is 10.2 Å². The molecule has 0 radical (unpaired) electrons. The molecule has 3 heteroatoms. The third kappa shape index (κ3) is 2.31. The van der Waals surface area contributed by atoms with Crippen molar-refractivity contribution in [2.75, 3.05) is 7.11 Å². The molecule has 0 bridgehead atoms. The number of methoxy groups -OCH3 is 1. The first-order valence-corrected chi connectivity index (χ1v) is 9.24. The minimum atomic E-state index is -0.875. The second-order valence-electron chi connectivity index (χ2n) is 7.48. The van der Waals surface area contributed by atoms with Crippen molar-refractivity contribution >= 4 is 0 Å². The fraction of sp³-hybridized carbons (Fsp3) is 0.250. The van der Waals surface area contributed by atoms with Crippen molar-refractivity contribution < 1.29 is 4.74 Å². The smallest absolute Gasteiger partial charge is 0.212 e. The van der Waals surface area contributed by atoms with Crippen LogP contribution in [0, 0.1) is 5.41 Å². The quantitative estimate of drug-likeness (QED) is 0.571. The summed E-state index contributed by atoms with van der Waals surface area (Å²) in [5.74, 6) is 0. The van der Waals surface area contributed by atoms with Gasteiger partial charge in [-0.3, -0.25) is 0 Å². The standard InChI is InChI=1S/C24H24N2O/c1-22(2)23(19-13-7-4-8-14-19,20-15-9-5-10-16-20)25-26-24(22,27-3)21-17-11-6-12-18-21/h4-18H,1-3H3/t24-/m0/s1. The van der Waals surface area contributed by atoms with Crippen LogP contribution >= 0.6 is 0 Å². The van der Waals surface area contributed by atoms with E-state index in [1.54, 1.807) is 7.11 Å². The van der Waals surface area contributed by atoms with Crippen LogP contribution in [-0.4, -0.2) is 7.11 Å². The Labute approximate surface area is 160 Å². The number of benzene rings is 3. The van der Waals surface area contributed by atoms with Gasteiger partial charge in [0.15, 0.2) is 0 Å². The Kier molecular flexibility index (Phi) is 4.20. The molecule has 0 aromatic heterocycles. The van der Waals surface area contributed by atoms with Gasteiger partial charge in [0.25, 0.3) is 0 Å². The van der Waals surface area contributed by atoms with E-state index in [1.807, 2.05) is 30.3 Å². The predicted molar refractivity (Wildman–Crippen MR) is 107 cm³/mol. The van der Waals surface area contributed by atoms with Crippen LogP contribution < -0.4 is 0 Å². The van der Waals surface area contributed by atoms with Gasteiger partial charge < -0.3 is 4.74 Å². The molecule has 0 unspecified atom stereocenters. The van der Waals surface area contributed by atoms with Gasteiger partial charge in [0.2, 0.25) is 5.72 Å². The molecule has 0 saturated heterocycles. The maximum absolute atomic E-state index is 6.14. The van der Waals surface area contributed by atoms with Crippen LogP contribution in [0.2, 0.25) is 0 Å². The molecular formula is C24H24N2O. The van der Waals surface area contributed by atoms with E-state index < -0.39 is 16.7 Å². The van der Waals surface area contributed by atoms with E-state index in [-0.39, 0.29) is 0 Å². The summed E-state index contributed by atoms with van der Waals surface area (Å²) in [6.45, 7) is 4.40. The minimum Gasteiger partial charge on any atom is -0.351 e. The molecule has 0 N–H and O–H groups in total. The van der Waals surface area contributed by atoms with E-state index in [0.29, 0.717) is 0 Å². The Balaban J connectivity index is 2.01. The lowest BCUT2D eigenvalue weighted by molar-refractivity contribution is -0.104. The molecule has 136 valence electrons. The first kappa shape index (κ1) is 17.6. The van der Waals surface area contributed by atoms with Gasteiger partial charge >= 0.3 is 0 Å². The van der Waals surface area contributed by atoms with Gasteiger partial charge in [0.05, 0.1) is 5.41 Å². The minimum absolute atomic E-state index is 0.473. The van der Waals surface area contributed by atoms with E-state index in [0.717, 1.165) is 16.7 Å². The van der Waals surface area contributed by atoms with Gasteiger partial charge in [0, 0.05) is 12.7 Å². The maximum Gasteiger partial charge on any atom is 0.212 e. The molecule has 3 aromatic rings. The summed E-state index contributed by atoms with van der Waals surface area (Å²) >= 11 is 0. The molecule has 0 fully saturated rings. The summed E-state index contributed by atoms with van der Waals surface area (Å²) in [4.78, 5) is 0. The highest BCUT2D eigenvalue weighted by atomic mass is 16.5. The van der Waals surface area contributed by atoms with Crippen LogP contribution in [-0.2, 0) is 16.0 Å². The van der Waals surface area contributed by atoms with Gasteiger partial charge in [-0.15, -0.1) is 0 Å². The van der Waals surface area contributed by atoms with Crippen LogP contribution in [0.3, 0.4) is 0 Å². The Hall–Kier alpha value is -2.78. The average Bonchev–Trinajstić information content (AvgIpc) is 2.98. The molecule has 1 aliphatic heterocycles. The van der Waals surface area contributed by atoms with Crippen molar-refractivity contribution in [3.05, 3.63) is 108 Å². The first-order valence-electron chi connectivity index (χ1n) is 9.24. The molecule has 3 aromatic carbocycles. The highest BCUT2D eigenvalue weighted by molar-refractivity contribution is 5.45. The zero-order valence-electron chi connectivity index (χ0n) is 16.0. The number of rotatable bonds is 4. The maximum atomic E-state index is 6.14. The van der Waals surface area contributed by atoms with Crippen molar-refractivity contribution in [1.82, 2.24) is 0 Å². The van der Waals surface area contributed by atoms with Crippen molar-refractivity contribution in [2.24, 2.45) is 15.6 Å². The summed E-state index contributed by atoms with van der Waals surface area (Å²) in [6.07, 6.45) is 0. The third-order valence-electron chi connectivity index (χ3n) is 5.94. The molecule has 0 amide bonds. The Morgan fingerprint density at radius 1 is 0.593 bits per heavy atom. The number of nitrogens with zero attached hydrogens (tertiary/aromatic N) is 2. The van der Waals surface area contributed by atoms with Crippen LogP contribution in [0.5, 0.6) is 0 Å². The monoisotopic (exact) mass is 356 g/mol. The molecule has 4 rings (SSSR count). The molecule has 0 aliphatic carbocycles. The van der Waals surface area contributed by atoms with Crippen molar-refractivity contribution in [3.8, 4) is 0 Å². The number of ether oxygens (including phenoxy) is 1. The van der Waals surface area contributed by atoms with E-state index in [4.69, 9.17) is 15.0 Å². The summed E-state index contributed by atoms with van der Waals surface area (Å²) in [5.41, 5.74) is 1.23. The van der Waals surface area contributed by atoms with Crippen molar-refractivity contribution in [3.63, 3.8) is 0 Å². The third-order valence-corrected chi connectivity index (χ3v) is 5.94.